The first kappa shape index (κ1) is 11.0. The van der Waals surface area contributed by atoms with Crippen LogP contribution in [0, 0.1) is 17.7 Å². The minimum atomic E-state index is -0.321. The molecule has 0 saturated heterocycles. The van der Waals surface area contributed by atoms with Crippen molar-refractivity contribution < 1.29 is 4.39 Å². The minimum Gasteiger partial charge on any atom is -0.256 e. The van der Waals surface area contributed by atoms with Gasteiger partial charge in [0.2, 0.25) is 0 Å². The van der Waals surface area contributed by atoms with Gasteiger partial charge in [-0.2, -0.15) is 12.6 Å². The number of hydrogen-bond acceptors (Lipinski definition) is 2. The molecule has 16 heavy (non-hydrogen) atoms. The highest BCUT2D eigenvalue weighted by molar-refractivity contribution is 7.80. The molecular formula is C13H10FNS. The molecule has 0 amide bonds. The van der Waals surface area contributed by atoms with Crippen molar-refractivity contribution in [3.8, 4) is 11.8 Å². The van der Waals surface area contributed by atoms with Gasteiger partial charge in [0, 0.05) is 29.8 Å². The fraction of sp³-hybridized carbons (Fsp3) is 0.154. The lowest BCUT2D eigenvalue weighted by molar-refractivity contribution is 0.626. The Morgan fingerprint density at radius 2 is 2.25 bits per heavy atom. The maximum Gasteiger partial charge on any atom is 0.141 e. The summed E-state index contributed by atoms with van der Waals surface area (Å²) in [7, 11) is 0. The first-order valence-electron chi connectivity index (χ1n) is 4.95. The molecule has 1 heterocycles. The van der Waals surface area contributed by atoms with Crippen molar-refractivity contribution >= 4 is 23.5 Å². The third-order valence-electron chi connectivity index (χ3n) is 2.15. The van der Waals surface area contributed by atoms with Crippen molar-refractivity contribution in [2.45, 2.75) is 6.42 Å². The largest absolute Gasteiger partial charge is 0.256 e. The van der Waals surface area contributed by atoms with E-state index < -0.39 is 0 Å². The summed E-state index contributed by atoms with van der Waals surface area (Å²) >= 11 is 4.05. The van der Waals surface area contributed by atoms with Crippen LogP contribution in [0.15, 0.2) is 30.5 Å². The monoisotopic (exact) mass is 231 g/mol. The molecule has 0 atom stereocenters. The molecule has 0 saturated carbocycles. The van der Waals surface area contributed by atoms with E-state index in [1.165, 1.54) is 6.07 Å². The fourth-order valence-electron chi connectivity index (χ4n) is 1.40. The second-order valence-corrected chi connectivity index (χ2v) is 3.75. The Bertz CT molecular complexity index is 569. The van der Waals surface area contributed by atoms with E-state index in [2.05, 4.69) is 29.5 Å². The fourth-order valence-corrected chi connectivity index (χ4v) is 1.52. The van der Waals surface area contributed by atoms with Gasteiger partial charge >= 0.3 is 0 Å². The predicted molar refractivity (Wildman–Crippen MR) is 67.0 cm³/mol. The van der Waals surface area contributed by atoms with Crippen LogP contribution in [0.1, 0.15) is 12.0 Å². The topological polar surface area (TPSA) is 12.9 Å². The van der Waals surface area contributed by atoms with Crippen LogP contribution in [0.25, 0.3) is 10.9 Å². The lowest BCUT2D eigenvalue weighted by atomic mass is 10.1. The van der Waals surface area contributed by atoms with Gasteiger partial charge in [0.1, 0.15) is 5.82 Å². The average molecular weight is 231 g/mol. The maximum absolute atomic E-state index is 13.6. The van der Waals surface area contributed by atoms with Crippen LogP contribution in [0.3, 0.4) is 0 Å². The summed E-state index contributed by atoms with van der Waals surface area (Å²) in [6.45, 7) is 0. The highest BCUT2D eigenvalue weighted by Gasteiger charge is 2.02. The molecule has 2 rings (SSSR count). The number of benzene rings is 1. The van der Waals surface area contributed by atoms with E-state index in [0.29, 0.717) is 23.3 Å². The minimum absolute atomic E-state index is 0.321. The van der Waals surface area contributed by atoms with E-state index in [9.17, 15) is 4.39 Å². The molecule has 0 aliphatic rings. The number of rotatable bonds is 1. The van der Waals surface area contributed by atoms with E-state index in [4.69, 9.17) is 0 Å². The van der Waals surface area contributed by atoms with E-state index in [-0.39, 0.29) is 5.82 Å². The number of aromatic nitrogens is 1. The molecule has 0 bridgehead atoms. The van der Waals surface area contributed by atoms with Crippen molar-refractivity contribution in [3.63, 3.8) is 0 Å². The number of nitrogens with zero attached hydrogens (tertiary/aromatic N) is 1. The van der Waals surface area contributed by atoms with Crippen LogP contribution in [0.2, 0.25) is 0 Å². The Morgan fingerprint density at radius 1 is 1.38 bits per heavy atom. The molecular weight excluding hydrogens is 221 g/mol. The zero-order valence-corrected chi connectivity index (χ0v) is 9.47. The third-order valence-corrected chi connectivity index (χ3v) is 2.38. The molecule has 1 aromatic heterocycles. The second-order valence-electron chi connectivity index (χ2n) is 3.30. The van der Waals surface area contributed by atoms with Crippen molar-refractivity contribution in [3.05, 3.63) is 41.8 Å². The third kappa shape index (κ3) is 2.34. The summed E-state index contributed by atoms with van der Waals surface area (Å²) < 4.78 is 13.6. The summed E-state index contributed by atoms with van der Waals surface area (Å²) in [5.41, 5.74) is 1.07. The Kier molecular flexibility index (Phi) is 3.43. The van der Waals surface area contributed by atoms with Gasteiger partial charge in [0.15, 0.2) is 0 Å². The van der Waals surface area contributed by atoms with Crippen molar-refractivity contribution in [1.29, 1.82) is 0 Å². The smallest absolute Gasteiger partial charge is 0.141 e. The molecule has 0 fully saturated rings. The van der Waals surface area contributed by atoms with Crippen LogP contribution in [0.4, 0.5) is 4.39 Å². The van der Waals surface area contributed by atoms with Crippen LogP contribution >= 0.6 is 12.6 Å². The normalized spacial score (nSPS) is 9.88. The summed E-state index contributed by atoms with van der Waals surface area (Å²) in [5.74, 6) is 6.04. The van der Waals surface area contributed by atoms with E-state index in [0.717, 1.165) is 5.39 Å². The molecule has 0 radical (unpaired) electrons. The quantitative estimate of drug-likeness (QED) is 0.588. The van der Waals surface area contributed by atoms with Crippen molar-refractivity contribution in [2.24, 2.45) is 0 Å². The summed E-state index contributed by atoms with van der Waals surface area (Å²) in [6.07, 6.45) is 2.31. The van der Waals surface area contributed by atoms with Gasteiger partial charge in [0.25, 0.3) is 0 Å². The Hall–Kier alpha value is -1.53. The summed E-state index contributed by atoms with van der Waals surface area (Å²) in [6, 6.07) is 6.86. The van der Waals surface area contributed by atoms with E-state index >= 15 is 0 Å². The van der Waals surface area contributed by atoms with Crippen LogP contribution < -0.4 is 0 Å². The highest BCUT2D eigenvalue weighted by Crippen LogP contribution is 2.16. The molecule has 1 nitrogen and oxygen atoms in total. The molecule has 0 spiro atoms. The first-order valence-corrected chi connectivity index (χ1v) is 5.58. The van der Waals surface area contributed by atoms with Gasteiger partial charge < -0.3 is 0 Å². The number of halogens is 1. The van der Waals surface area contributed by atoms with E-state index in [1.807, 2.05) is 12.1 Å². The number of pyridine rings is 1. The summed E-state index contributed by atoms with van der Waals surface area (Å²) in [5, 5.41) is 0.902. The predicted octanol–water partition coefficient (Wildman–Crippen LogP) is 3.05. The van der Waals surface area contributed by atoms with Gasteiger partial charge in [-0.1, -0.05) is 17.9 Å². The maximum atomic E-state index is 13.6. The Morgan fingerprint density at radius 3 is 3.06 bits per heavy atom. The molecule has 3 heteroatoms. The first-order chi connectivity index (χ1) is 7.81. The van der Waals surface area contributed by atoms with Gasteiger partial charge in [-0.15, -0.1) is 0 Å². The van der Waals surface area contributed by atoms with Gasteiger partial charge in [-0.3, -0.25) is 4.98 Å². The molecule has 0 N–H and O–H groups in total. The molecule has 80 valence electrons. The number of fused-ring (bicyclic) bond motifs is 1. The molecule has 0 aliphatic carbocycles. The molecule has 0 aliphatic heterocycles. The summed E-state index contributed by atoms with van der Waals surface area (Å²) in [4.78, 5) is 4.08. The van der Waals surface area contributed by atoms with E-state index in [1.54, 1.807) is 12.3 Å². The SMILES string of the molecule is Fc1cc2ncccc2cc1C#CCCS. The lowest BCUT2D eigenvalue weighted by Gasteiger charge is -1.98. The second kappa shape index (κ2) is 5.00. The van der Waals surface area contributed by atoms with Gasteiger partial charge in [-0.05, 0) is 12.1 Å². The van der Waals surface area contributed by atoms with Crippen LogP contribution in [0.5, 0.6) is 0 Å². The zero-order chi connectivity index (χ0) is 11.4. The zero-order valence-electron chi connectivity index (χ0n) is 8.57. The Balaban J connectivity index is 2.47. The van der Waals surface area contributed by atoms with Crippen LogP contribution in [-0.2, 0) is 0 Å². The molecule has 1 aromatic carbocycles. The lowest BCUT2D eigenvalue weighted by Crippen LogP contribution is -1.86. The number of thiol groups is 1. The molecule has 2 aromatic rings. The Labute approximate surface area is 99.1 Å². The highest BCUT2D eigenvalue weighted by atomic mass is 32.1. The van der Waals surface area contributed by atoms with Gasteiger partial charge in [0.05, 0.1) is 11.1 Å². The van der Waals surface area contributed by atoms with Crippen LogP contribution in [-0.4, -0.2) is 10.7 Å². The van der Waals surface area contributed by atoms with Crippen molar-refractivity contribution in [2.75, 3.05) is 5.75 Å². The number of hydrogen-bond donors (Lipinski definition) is 1. The average Bonchev–Trinajstić information content (AvgIpc) is 2.30. The van der Waals surface area contributed by atoms with Gasteiger partial charge in [-0.25, -0.2) is 4.39 Å². The standard InChI is InChI=1S/C13H10FNS/c14-12-9-13-11(5-3-6-15-13)8-10(12)4-1-2-7-16/h3,5-6,8-9,16H,2,7H2. The van der Waals surface area contributed by atoms with Crippen molar-refractivity contribution in [1.82, 2.24) is 4.98 Å². The molecule has 0 unspecified atom stereocenters.